The predicted molar refractivity (Wildman–Crippen MR) is 74.5 cm³/mol. The maximum absolute atomic E-state index is 4.48. The van der Waals surface area contributed by atoms with Gasteiger partial charge in [0.1, 0.15) is 4.34 Å². The molecule has 1 aromatic rings. The zero-order valence-corrected chi connectivity index (χ0v) is 12.3. The SMILES string of the molecule is CCNC(CSc1nc(C)cs1)C(C)CC. The third kappa shape index (κ3) is 4.44. The number of thiazole rings is 1. The van der Waals surface area contributed by atoms with E-state index in [0.29, 0.717) is 6.04 Å². The Morgan fingerprint density at radius 3 is 2.75 bits per heavy atom. The molecule has 0 saturated heterocycles. The van der Waals surface area contributed by atoms with E-state index < -0.39 is 0 Å². The lowest BCUT2D eigenvalue weighted by atomic mass is 10.0. The summed E-state index contributed by atoms with van der Waals surface area (Å²) in [5, 5.41) is 5.69. The molecule has 92 valence electrons. The third-order valence-electron chi connectivity index (χ3n) is 2.78. The van der Waals surface area contributed by atoms with Crippen molar-refractivity contribution in [2.45, 2.75) is 44.5 Å². The van der Waals surface area contributed by atoms with Crippen LogP contribution in [0.15, 0.2) is 9.72 Å². The van der Waals surface area contributed by atoms with E-state index in [0.717, 1.165) is 23.9 Å². The van der Waals surface area contributed by atoms with Crippen molar-refractivity contribution in [3.8, 4) is 0 Å². The number of nitrogens with one attached hydrogen (secondary N) is 1. The first-order chi connectivity index (χ1) is 7.67. The summed E-state index contributed by atoms with van der Waals surface area (Å²) in [6, 6.07) is 0.601. The normalized spacial score (nSPS) is 15.0. The van der Waals surface area contributed by atoms with Crippen molar-refractivity contribution in [2.75, 3.05) is 12.3 Å². The molecule has 1 rings (SSSR count). The molecule has 0 fully saturated rings. The Labute approximate surface area is 107 Å². The fourth-order valence-corrected chi connectivity index (χ4v) is 3.65. The largest absolute Gasteiger partial charge is 0.313 e. The second-order valence-electron chi connectivity index (χ2n) is 4.12. The highest BCUT2D eigenvalue weighted by Gasteiger charge is 2.15. The van der Waals surface area contributed by atoms with Gasteiger partial charge >= 0.3 is 0 Å². The van der Waals surface area contributed by atoms with Gasteiger partial charge in [0.2, 0.25) is 0 Å². The lowest BCUT2D eigenvalue weighted by Crippen LogP contribution is -2.36. The van der Waals surface area contributed by atoms with E-state index in [2.05, 4.69) is 43.4 Å². The van der Waals surface area contributed by atoms with Crippen LogP contribution in [-0.2, 0) is 0 Å². The molecule has 1 heterocycles. The van der Waals surface area contributed by atoms with Crippen LogP contribution in [0.5, 0.6) is 0 Å². The van der Waals surface area contributed by atoms with Crippen LogP contribution in [0.2, 0.25) is 0 Å². The highest BCUT2D eigenvalue weighted by Crippen LogP contribution is 2.24. The number of thioether (sulfide) groups is 1. The number of hydrogen-bond acceptors (Lipinski definition) is 4. The molecule has 0 aliphatic carbocycles. The van der Waals surface area contributed by atoms with Gasteiger partial charge in [0, 0.05) is 22.9 Å². The van der Waals surface area contributed by atoms with E-state index in [1.54, 1.807) is 11.3 Å². The van der Waals surface area contributed by atoms with Crippen LogP contribution >= 0.6 is 23.1 Å². The minimum absolute atomic E-state index is 0.601. The van der Waals surface area contributed by atoms with Gasteiger partial charge < -0.3 is 5.32 Å². The van der Waals surface area contributed by atoms with Gasteiger partial charge in [-0.15, -0.1) is 11.3 Å². The van der Waals surface area contributed by atoms with E-state index in [-0.39, 0.29) is 0 Å². The monoisotopic (exact) mass is 258 g/mol. The molecular formula is C12H22N2S2. The van der Waals surface area contributed by atoms with Crippen LogP contribution in [0.4, 0.5) is 0 Å². The molecule has 1 aromatic heterocycles. The van der Waals surface area contributed by atoms with E-state index >= 15 is 0 Å². The van der Waals surface area contributed by atoms with E-state index in [4.69, 9.17) is 0 Å². The number of nitrogens with zero attached hydrogens (tertiary/aromatic N) is 1. The molecule has 4 heteroatoms. The molecule has 0 spiro atoms. The summed E-state index contributed by atoms with van der Waals surface area (Å²) in [6.07, 6.45) is 1.23. The standard InChI is InChI=1S/C12H22N2S2/c1-5-9(3)11(13-6-2)8-16-12-14-10(4)7-15-12/h7,9,11,13H,5-6,8H2,1-4H3. The molecule has 2 nitrogen and oxygen atoms in total. The van der Waals surface area contributed by atoms with Crippen LogP contribution in [0, 0.1) is 12.8 Å². The topological polar surface area (TPSA) is 24.9 Å². The molecule has 0 aliphatic rings. The van der Waals surface area contributed by atoms with Crippen molar-refractivity contribution >= 4 is 23.1 Å². The minimum Gasteiger partial charge on any atom is -0.313 e. The zero-order chi connectivity index (χ0) is 12.0. The highest BCUT2D eigenvalue weighted by atomic mass is 32.2. The van der Waals surface area contributed by atoms with Crippen molar-refractivity contribution in [3.05, 3.63) is 11.1 Å². The first kappa shape index (κ1) is 14.0. The Morgan fingerprint density at radius 1 is 1.50 bits per heavy atom. The summed E-state index contributed by atoms with van der Waals surface area (Å²) < 4.78 is 1.20. The maximum Gasteiger partial charge on any atom is 0.150 e. The molecule has 0 saturated carbocycles. The Balaban J connectivity index is 2.43. The van der Waals surface area contributed by atoms with Gasteiger partial charge in [-0.1, -0.05) is 39.0 Å². The Bertz CT molecular complexity index is 299. The maximum atomic E-state index is 4.48. The fraction of sp³-hybridized carbons (Fsp3) is 0.750. The summed E-state index contributed by atoms with van der Waals surface area (Å²) in [7, 11) is 0. The first-order valence-electron chi connectivity index (χ1n) is 5.95. The van der Waals surface area contributed by atoms with Crippen molar-refractivity contribution < 1.29 is 0 Å². The number of rotatable bonds is 7. The van der Waals surface area contributed by atoms with Crippen LogP contribution in [0.25, 0.3) is 0 Å². The van der Waals surface area contributed by atoms with Crippen molar-refractivity contribution in [3.63, 3.8) is 0 Å². The molecule has 0 bridgehead atoms. The number of aromatic nitrogens is 1. The van der Waals surface area contributed by atoms with Crippen LogP contribution in [0.1, 0.15) is 32.9 Å². The lowest BCUT2D eigenvalue weighted by Gasteiger charge is -2.22. The Kier molecular flexibility index (Phi) is 6.39. The molecule has 2 atom stereocenters. The summed E-state index contributed by atoms with van der Waals surface area (Å²) >= 11 is 3.63. The van der Waals surface area contributed by atoms with Gasteiger partial charge in [0.25, 0.3) is 0 Å². The smallest absolute Gasteiger partial charge is 0.150 e. The molecule has 0 aliphatic heterocycles. The van der Waals surface area contributed by atoms with Crippen molar-refractivity contribution in [2.24, 2.45) is 5.92 Å². The lowest BCUT2D eigenvalue weighted by molar-refractivity contribution is 0.404. The summed E-state index contributed by atoms with van der Waals surface area (Å²) in [5.41, 5.74) is 1.14. The van der Waals surface area contributed by atoms with E-state index in [1.807, 2.05) is 11.8 Å². The third-order valence-corrected chi connectivity index (χ3v) is 5.04. The van der Waals surface area contributed by atoms with E-state index in [1.165, 1.54) is 10.8 Å². The highest BCUT2D eigenvalue weighted by molar-refractivity contribution is 8.01. The minimum atomic E-state index is 0.601. The molecule has 0 aromatic carbocycles. The van der Waals surface area contributed by atoms with Gasteiger partial charge in [0.05, 0.1) is 0 Å². The molecule has 0 radical (unpaired) electrons. The van der Waals surface area contributed by atoms with E-state index in [9.17, 15) is 0 Å². The average Bonchev–Trinajstić information content (AvgIpc) is 2.69. The van der Waals surface area contributed by atoms with Crippen LogP contribution in [-0.4, -0.2) is 23.3 Å². The Hall–Kier alpha value is -0.0600. The predicted octanol–water partition coefficient (Wildman–Crippen LogP) is 3.57. The zero-order valence-electron chi connectivity index (χ0n) is 10.6. The average molecular weight is 258 g/mol. The van der Waals surface area contributed by atoms with Crippen molar-refractivity contribution in [1.29, 1.82) is 0 Å². The van der Waals surface area contributed by atoms with Gasteiger partial charge in [-0.25, -0.2) is 4.98 Å². The van der Waals surface area contributed by atoms with Gasteiger partial charge in [0.15, 0.2) is 0 Å². The summed E-state index contributed by atoms with van der Waals surface area (Å²) in [6.45, 7) is 9.85. The molecule has 1 N–H and O–H groups in total. The molecule has 16 heavy (non-hydrogen) atoms. The summed E-state index contributed by atoms with van der Waals surface area (Å²) in [4.78, 5) is 4.48. The number of aryl methyl sites for hydroxylation is 1. The molecule has 0 amide bonds. The van der Waals surface area contributed by atoms with Crippen LogP contribution in [0.3, 0.4) is 0 Å². The first-order valence-corrected chi connectivity index (χ1v) is 7.82. The van der Waals surface area contributed by atoms with Gasteiger partial charge in [-0.2, -0.15) is 0 Å². The van der Waals surface area contributed by atoms with Gasteiger partial charge in [-0.3, -0.25) is 0 Å². The Morgan fingerprint density at radius 2 is 2.25 bits per heavy atom. The van der Waals surface area contributed by atoms with Crippen LogP contribution < -0.4 is 5.32 Å². The number of hydrogen-bond donors (Lipinski definition) is 1. The molecular weight excluding hydrogens is 236 g/mol. The van der Waals surface area contributed by atoms with Crippen molar-refractivity contribution in [1.82, 2.24) is 10.3 Å². The quantitative estimate of drug-likeness (QED) is 0.757. The second kappa shape index (κ2) is 7.30. The fourth-order valence-electron chi connectivity index (χ4n) is 1.53. The second-order valence-corrected chi connectivity index (χ2v) is 6.24. The molecule has 2 unspecified atom stereocenters. The summed E-state index contributed by atoms with van der Waals surface area (Å²) in [5.74, 6) is 1.85. The van der Waals surface area contributed by atoms with Gasteiger partial charge in [-0.05, 0) is 19.4 Å².